The Balaban J connectivity index is 0.00000280. The highest BCUT2D eigenvalue weighted by molar-refractivity contribution is 14.0. The van der Waals surface area contributed by atoms with E-state index < -0.39 is 0 Å². The van der Waals surface area contributed by atoms with Gasteiger partial charge in [-0.2, -0.15) is 0 Å². The van der Waals surface area contributed by atoms with E-state index in [0.717, 1.165) is 51.1 Å². The predicted molar refractivity (Wildman–Crippen MR) is 127 cm³/mol. The highest BCUT2D eigenvalue weighted by Crippen LogP contribution is 2.18. The molecule has 0 spiro atoms. The number of ether oxygens (including phenoxy) is 1. The number of nitrogens with zero attached hydrogens (tertiary/aromatic N) is 3. The van der Waals surface area contributed by atoms with Gasteiger partial charge in [0.2, 0.25) is 0 Å². The van der Waals surface area contributed by atoms with Crippen LogP contribution in [0.1, 0.15) is 37.3 Å². The van der Waals surface area contributed by atoms with Gasteiger partial charge in [0, 0.05) is 52.8 Å². The number of benzene rings is 1. The Kier molecular flexibility index (Phi) is 10.0. The molecule has 0 bridgehead atoms. The molecule has 5 nitrogen and oxygen atoms in total. The first kappa shape index (κ1) is 23.4. The lowest BCUT2D eigenvalue weighted by Crippen LogP contribution is -2.41. The van der Waals surface area contributed by atoms with Crippen LogP contribution in [0.5, 0.6) is 0 Å². The van der Waals surface area contributed by atoms with Crippen LogP contribution in [-0.4, -0.2) is 62.7 Å². The Morgan fingerprint density at radius 1 is 1.25 bits per heavy atom. The molecule has 158 valence electrons. The Bertz CT molecular complexity index is 601. The zero-order valence-corrected chi connectivity index (χ0v) is 20.0. The third kappa shape index (κ3) is 7.19. The molecule has 0 aliphatic carbocycles. The van der Waals surface area contributed by atoms with Crippen LogP contribution in [0.4, 0.5) is 0 Å². The van der Waals surface area contributed by atoms with E-state index >= 15 is 0 Å². The maximum absolute atomic E-state index is 5.48. The fraction of sp³-hybridized carbons (Fsp3) is 0.682. The molecule has 2 saturated heterocycles. The first-order valence-corrected chi connectivity index (χ1v) is 10.4. The molecule has 2 unspecified atom stereocenters. The molecular formula is C22H37IN4O. The standard InChI is InChI=1S/C22H36N4O.HI/c1-18-5-4-11-26(14-18)16-20-8-6-19(7-9-20)13-24-22(23-2)25(3)15-21-10-12-27-17-21;/h6-9,18,21H,4-5,10-17H2,1-3H3,(H,23,24);1H. The van der Waals surface area contributed by atoms with Crippen molar-refractivity contribution in [3.8, 4) is 0 Å². The molecule has 2 aliphatic rings. The van der Waals surface area contributed by atoms with Gasteiger partial charge in [0.1, 0.15) is 0 Å². The minimum Gasteiger partial charge on any atom is -0.381 e. The lowest BCUT2D eigenvalue weighted by atomic mass is 9.99. The predicted octanol–water partition coefficient (Wildman–Crippen LogP) is 3.58. The summed E-state index contributed by atoms with van der Waals surface area (Å²) >= 11 is 0. The summed E-state index contributed by atoms with van der Waals surface area (Å²) in [5.74, 6) is 2.40. The molecule has 1 aromatic carbocycles. The SMILES string of the molecule is CN=C(NCc1ccc(CN2CCCC(C)C2)cc1)N(C)CC1CCOC1.I. The lowest BCUT2D eigenvalue weighted by molar-refractivity contribution is 0.176. The summed E-state index contributed by atoms with van der Waals surface area (Å²) in [4.78, 5) is 9.23. The molecule has 1 N–H and O–H groups in total. The summed E-state index contributed by atoms with van der Waals surface area (Å²) in [7, 11) is 3.96. The van der Waals surface area contributed by atoms with Gasteiger partial charge >= 0.3 is 0 Å². The normalized spacial score (nSPS) is 23.3. The van der Waals surface area contributed by atoms with Crippen molar-refractivity contribution in [1.82, 2.24) is 15.1 Å². The van der Waals surface area contributed by atoms with Gasteiger partial charge in [-0.25, -0.2) is 0 Å². The average molecular weight is 500 g/mol. The number of nitrogens with one attached hydrogen (secondary N) is 1. The number of hydrogen-bond acceptors (Lipinski definition) is 3. The van der Waals surface area contributed by atoms with Gasteiger partial charge in [-0.05, 0) is 42.9 Å². The lowest BCUT2D eigenvalue weighted by Gasteiger charge is -2.30. The summed E-state index contributed by atoms with van der Waals surface area (Å²) in [6.07, 6.45) is 3.87. The van der Waals surface area contributed by atoms with Crippen molar-refractivity contribution < 1.29 is 4.74 Å². The van der Waals surface area contributed by atoms with E-state index in [-0.39, 0.29) is 24.0 Å². The van der Waals surface area contributed by atoms with Gasteiger partial charge in [-0.15, -0.1) is 24.0 Å². The van der Waals surface area contributed by atoms with Gasteiger partial charge in [-0.3, -0.25) is 9.89 Å². The molecule has 2 aliphatic heterocycles. The number of rotatable bonds is 6. The molecule has 3 rings (SSSR count). The number of likely N-dealkylation sites (tertiary alicyclic amines) is 1. The molecule has 2 heterocycles. The Hall–Kier alpha value is -0.860. The molecule has 2 atom stereocenters. The second-order valence-electron chi connectivity index (χ2n) is 8.31. The summed E-state index contributed by atoms with van der Waals surface area (Å²) in [5.41, 5.74) is 2.71. The van der Waals surface area contributed by atoms with Gasteiger partial charge in [0.25, 0.3) is 0 Å². The van der Waals surface area contributed by atoms with Gasteiger partial charge in [0.05, 0.1) is 6.61 Å². The molecule has 0 amide bonds. The van der Waals surface area contributed by atoms with Crippen molar-refractivity contribution in [3.63, 3.8) is 0 Å². The smallest absolute Gasteiger partial charge is 0.193 e. The summed E-state index contributed by atoms with van der Waals surface area (Å²) in [5, 5.41) is 3.49. The van der Waals surface area contributed by atoms with Crippen molar-refractivity contribution in [2.45, 2.75) is 39.3 Å². The minimum absolute atomic E-state index is 0. The zero-order valence-electron chi connectivity index (χ0n) is 17.7. The van der Waals surface area contributed by atoms with Crippen molar-refractivity contribution in [2.75, 3.05) is 46.9 Å². The number of hydrogen-bond donors (Lipinski definition) is 1. The highest BCUT2D eigenvalue weighted by Gasteiger charge is 2.19. The van der Waals surface area contributed by atoms with Crippen molar-refractivity contribution in [3.05, 3.63) is 35.4 Å². The molecule has 0 radical (unpaired) electrons. The number of halogens is 1. The molecule has 1 aromatic rings. The fourth-order valence-corrected chi connectivity index (χ4v) is 4.22. The molecular weight excluding hydrogens is 463 g/mol. The van der Waals surface area contributed by atoms with Gasteiger partial charge < -0.3 is 15.0 Å². The van der Waals surface area contributed by atoms with Crippen molar-refractivity contribution in [1.29, 1.82) is 0 Å². The topological polar surface area (TPSA) is 40.1 Å². The fourth-order valence-electron chi connectivity index (χ4n) is 4.22. The van der Waals surface area contributed by atoms with Crippen LogP contribution < -0.4 is 5.32 Å². The number of guanidine groups is 1. The van der Waals surface area contributed by atoms with Crippen LogP contribution in [0.25, 0.3) is 0 Å². The molecule has 2 fully saturated rings. The van der Waals surface area contributed by atoms with E-state index in [0.29, 0.717) is 5.92 Å². The highest BCUT2D eigenvalue weighted by atomic mass is 127. The van der Waals surface area contributed by atoms with Crippen LogP contribution in [0.15, 0.2) is 29.3 Å². The van der Waals surface area contributed by atoms with E-state index in [1.807, 2.05) is 7.05 Å². The second kappa shape index (κ2) is 12.0. The van der Waals surface area contributed by atoms with Crippen LogP contribution in [-0.2, 0) is 17.8 Å². The minimum atomic E-state index is 0. The number of aliphatic imine (C=N–C) groups is 1. The largest absolute Gasteiger partial charge is 0.381 e. The summed E-state index contributed by atoms with van der Waals surface area (Å²) in [6.45, 7) is 9.48. The Morgan fingerprint density at radius 2 is 2.00 bits per heavy atom. The van der Waals surface area contributed by atoms with E-state index in [2.05, 4.69) is 58.3 Å². The van der Waals surface area contributed by atoms with E-state index in [4.69, 9.17) is 4.74 Å². The van der Waals surface area contributed by atoms with Crippen LogP contribution >= 0.6 is 24.0 Å². The number of piperidine rings is 1. The Labute approximate surface area is 187 Å². The average Bonchev–Trinajstić information content (AvgIpc) is 3.16. The quantitative estimate of drug-likeness (QED) is 0.369. The van der Waals surface area contributed by atoms with Crippen LogP contribution in [0, 0.1) is 11.8 Å². The maximum Gasteiger partial charge on any atom is 0.193 e. The first-order chi connectivity index (χ1) is 13.1. The van der Waals surface area contributed by atoms with Gasteiger partial charge in [-0.1, -0.05) is 31.2 Å². The van der Waals surface area contributed by atoms with Crippen LogP contribution in [0.2, 0.25) is 0 Å². The third-order valence-electron chi connectivity index (χ3n) is 5.75. The molecule has 6 heteroatoms. The zero-order chi connectivity index (χ0) is 19.1. The molecule has 28 heavy (non-hydrogen) atoms. The summed E-state index contributed by atoms with van der Waals surface area (Å²) < 4.78 is 5.48. The Morgan fingerprint density at radius 3 is 2.64 bits per heavy atom. The van der Waals surface area contributed by atoms with E-state index in [1.165, 1.54) is 37.1 Å². The third-order valence-corrected chi connectivity index (χ3v) is 5.75. The van der Waals surface area contributed by atoms with Crippen molar-refractivity contribution >= 4 is 29.9 Å². The molecule has 0 aromatic heterocycles. The van der Waals surface area contributed by atoms with Crippen molar-refractivity contribution in [2.24, 2.45) is 16.8 Å². The maximum atomic E-state index is 5.48. The second-order valence-corrected chi connectivity index (χ2v) is 8.31. The van der Waals surface area contributed by atoms with Crippen LogP contribution in [0.3, 0.4) is 0 Å². The first-order valence-electron chi connectivity index (χ1n) is 10.4. The summed E-state index contributed by atoms with van der Waals surface area (Å²) in [6, 6.07) is 9.04. The monoisotopic (exact) mass is 500 g/mol. The van der Waals surface area contributed by atoms with E-state index in [1.54, 1.807) is 0 Å². The molecule has 0 saturated carbocycles. The van der Waals surface area contributed by atoms with Gasteiger partial charge in [0.15, 0.2) is 5.96 Å². The van der Waals surface area contributed by atoms with E-state index in [9.17, 15) is 0 Å².